The standard InChI is InChI=1S/C25H20N4O2S/c1-15-7-12-20(32-15)21-19(13-26)24(27)31-25-22(21)23(28-29-25)17-8-10-18(11-9-17)30-14-16-5-3-2-4-6-16/h2-12,21H,14,27H2,1H3,(H,28,29). The minimum absolute atomic E-state index is 0.0961. The van der Waals surface area contributed by atoms with Crippen LogP contribution in [0.3, 0.4) is 0 Å². The number of thiophene rings is 1. The highest BCUT2D eigenvalue weighted by Gasteiger charge is 2.36. The first kappa shape index (κ1) is 19.9. The van der Waals surface area contributed by atoms with Gasteiger partial charge in [-0.05, 0) is 48.9 Å². The summed E-state index contributed by atoms with van der Waals surface area (Å²) in [5.41, 5.74) is 10.1. The van der Waals surface area contributed by atoms with Gasteiger partial charge in [0.1, 0.15) is 24.0 Å². The number of allylic oxidation sites excluding steroid dienone is 1. The summed E-state index contributed by atoms with van der Waals surface area (Å²) in [6, 6.07) is 24.1. The van der Waals surface area contributed by atoms with E-state index in [1.54, 1.807) is 11.3 Å². The molecule has 0 saturated heterocycles. The second-order valence-electron chi connectivity index (χ2n) is 7.49. The molecule has 0 saturated carbocycles. The van der Waals surface area contributed by atoms with Gasteiger partial charge in [-0.2, -0.15) is 5.26 Å². The van der Waals surface area contributed by atoms with Crippen molar-refractivity contribution in [2.75, 3.05) is 0 Å². The summed E-state index contributed by atoms with van der Waals surface area (Å²) >= 11 is 1.64. The van der Waals surface area contributed by atoms with Crippen LogP contribution < -0.4 is 15.2 Å². The Kier molecular flexibility index (Phi) is 5.13. The van der Waals surface area contributed by atoms with Crippen LogP contribution in [0.2, 0.25) is 0 Å². The van der Waals surface area contributed by atoms with Gasteiger partial charge in [-0.3, -0.25) is 5.10 Å². The second-order valence-corrected chi connectivity index (χ2v) is 8.81. The maximum Gasteiger partial charge on any atom is 0.244 e. The Morgan fingerprint density at radius 2 is 1.91 bits per heavy atom. The zero-order valence-corrected chi connectivity index (χ0v) is 18.1. The average Bonchev–Trinajstić information content (AvgIpc) is 3.44. The lowest BCUT2D eigenvalue weighted by Crippen LogP contribution is -2.20. The number of H-pyrrole nitrogens is 1. The molecule has 3 N–H and O–H groups in total. The Hall–Kier alpha value is -4.02. The molecule has 158 valence electrons. The van der Waals surface area contributed by atoms with Gasteiger partial charge in [-0.25, -0.2) is 0 Å². The zero-order valence-electron chi connectivity index (χ0n) is 17.3. The maximum absolute atomic E-state index is 9.80. The molecule has 5 rings (SSSR count). The maximum atomic E-state index is 9.80. The fraction of sp³-hybridized carbons (Fsp3) is 0.120. The lowest BCUT2D eigenvalue weighted by molar-refractivity contribution is 0.306. The van der Waals surface area contributed by atoms with Gasteiger partial charge < -0.3 is 15.2 Å². The van der Waals surface area contributed by atoms with Gasteiger partial charge in [0.2, 0.25) is 11.8 Å². The van der Waals surface area contributed by atoms with Crippen molar-refractivity contribution in [1.29, 1.82) is 5.26 Å². The fourth-order valence-corrected chi connectivity index (χ4v) is 4.81. The van der Waals surface area contributed by atoms with Crippen molar-refractivity contribution in [2.24, 2.45) is 5.73 Å². The highest BCUT2D eigenvalue weighted by molar-refractivity contribution is 7.12. The Bertz CT molecular complexity index is 1330. The topological polar surface area (TPSA) is 97.0 Å². The Balaban J connectivity index is 1.47. The molecular formula is C25H20N4O2S. The van der Waals surface area contributed by atoms with Crippen molar-refractivity contribution in [1.82, 2.24) is 10.2 Å². The van der Waals surface area contributed by atoms with Gasteiger partial charge in [0.15, 0.2) is 0 Å². The third kappa shape index (κ3) is 3.61. The van der Waals surface area contributed by atoms with Gasteiger partial charge in [0.25, 0.3) is 0 Å². The number of nitriles is 1. The zero-order chi connectivity index (χ0) is 22.1. The molecule has 0 aliphatic carbocycles. The Morgan fingerprint density at radius 1 is 1.12 bits per heavy atom. The average molecular weight is 441 g/mol. The number of benzene rings is 2. The lowest BCUT2D eigenvalue weighted by atomic mass is 9.87. The summed E-state index contributed by atoms with van der Waals surface area (Å²) in [6.45, 7) is 2.54. The quantitative estimate of drug-likeness (QED) is 0.442. The van der Waals surface area contributed by atoms with Crippen molar-refractivity contribution in [3.63, 3.8) is 0 Å². The smallest absolute Gasteiger partial charge is 0.244 e. The molecule has 7 heteroatoms. The van der Waals surface area contributed by atoms with Crippen molar-refractivity contribution in [3.05, 3.63) is 99.1 Å². The third-order valence-corrected chi connectivity index (χ3v) is 6.44. The van der Waals surface area contributed by atoms with Crippen LogP contribution in [0, 0.1) is 18.3 Å². The van der Waals surface area contributed by atoms with E-state index in [0.29, 0.717) is 18.1 Å². The van der Waals surface area contributed by atoms with Crippen molar-refractivity contribution in [3.8, 4) is 29.0 Å². The number of aryl methyl sites for hydroxylation is 1. The molecule has 0 amide bonds. The van der Waals surface area contributed by atoms with Crippen LogP contribution >= 0.6 is 11.3 Å². The molecule has 1 aliphatic rings. The molecule has 1 aliphatic heterocycles. The number of aromatic nitrogens is 2. The van der Waals surface area contributed by atoms with E-state index >= 15 is 0 Å². The third-order valence-electron chi connectivity index (χ3n) is 5.38. The molecule has 32 heavy (non-hydrogen) atoms. The van der Waals surface area contributed by atoms with Gasteiger partial charge in [-0.15, -0.1) is 16.4 Å². The highest BCUT2D eigenvalue weighted by atomic mass is 32.1. The second kappa shape index (κ2) is 8.25. The SMILES string of the molecule is Cc1ccc(C2C(C#N)=C(N)Oc3n[nH]c(-c4ccc(OCc5ccccc5)cc4)c32)s1. The molecule has 3 heterocycles. The van der Waals surface area contributed by atoms with E-state index in [-0.39, 0.29) is 11.8 Å². The largest absolute Gasteiger partial charge is 0.489 e. The van der Waals surface area contributed by atoms with Gasteiger partial charge >= 0.3 is 0 Å². The molecule has 0 bridgehead atoms. The predicted molar refractivity (Wildman–Crippen MR) is 123 cm³/mol. The number of ether oxygens (including phenoxy) is 2. The first-order valence-electron chi connectivity index (χ1n) is 10.1. The van der Waals surface area contributed by atoms with E-state index in [0.717, 1.165) is 37.9 Å². The molecule has 0 spiro atoms. The highest BCUT2D eigenvalue weighted by Crippen LogP contribution is 2.47. The van der Waals surface area contributed by atoms with E-state index in [2.05, 4.69) is 16.3 Å². The number of hydrogen-bond donors (Lipinski definition) is 2. The van der Waals surface area contributed by atoms with E-state index in [4.69, 9.17) is 15.2 Å². The molecule has 6 nitrogen and oxygen atoms in total. The number of nitrogens with one attached hydrogen (secondary N) is 1. The molecule has 1 atom stereocenters. The first-order chi connectivity index (χ1) is 15.6. The predicted octanol–water partition coefficient (Wildman–Crippen LogP) is 5.24. The fourth-order valence-electron chi connectivity index (χ4n) is 3.82. The van der Waals surface area contributed by atoms with Gasteiger partial charge in [-0.1, -0.05) is 30.3 Å². The molecule has 0 fully saturated rings. The van der Waals surface area contributed by atoms with Crippen LogP contribution in [0.15, 0.2) is 78.2 Å². The van der Waals surface area contributed by atoms with Crippen LogP contribution in [0.25, 0.3) is 11.3 Å². The Labute approximate surface area is 189 Å². The number of nitrogens with zero attached hydrogens (tertiary/aromatic N) is 2. The molecule has 4 aromatic rings. The molecule has 0 radical (unpaired) electrons. The number of fused-ring (bicyclic) bond motifs is 1. The number of rotatable bonds is 5. The van der Waals surface area contributed by atoms with E-state index < -0.39 is 0 Å². The van der Waals surface area contributed by atoms with Crippen LogP contribution in [0.1, 0.15) is 26.8 Å². The van der Waals surface area contributed by atoms with Crippen molar-refractivity contribution < 1.29 is 9.47 Å². The number of aromatic amines is 1. The molecule has 2 aromatic heterocycles. The molecule has 2 aromatic carbocycles. The van der Waals surface area contributed by atoms with Crippen LogP contribution in [0.4, 0.5) is 0 Å². The van der Waals surface area contributed by atoms with E-state index in [1.165, 1.54) is 0 Å². The van der Waals surface area contributed by atoms with Crippen molar-refractivity contribution in [2.45, 2.75) is 19.4 Å². The summed E-state index contributed by atoms with van der Waals surface area (Å²) in [5.74, 6) is 0.940. The van der Waals surface area contributed by atoms with Gasteiger partial charge in [0.05, 0.1) is 17.2 Å². The minimum atomic E-state index is -0.329. The van der Waals surface area contributed by atoms with Gasteiger partial charge in [0, 0.05) is 15.3 Å². The lowest BCUT2D eigenvalue weighted by Gasteiger charge is -2.22. The van der Waals surface area contributed by atoms with E-state index in [1.807, 2.05) is 73.7 Å². The normalized spacial score (nSPS) is 15.1. The molecular weight excluding hydrogens is 420 g/mol. The number of hydrogen-bond acceptors (Lipinski definition) is 6. The summed E-state index contributed by atoms with van der Waals surface area (Å²) in [7, 11) is 0. The number of nitrogens with two attached hydrogens (primary N) is 1. The first-order valence-corrected chi connectivity index (χ1v) is 10.9. The van der Waals surface area contributed by atoms with Crippen LogP contribution in [0.5, 0.6) is 11.6 Å². The minimum Gasteiger partial charge on any atom is -0.489 e. The summed E-state index contributed by atoms with van der Waals surface area (Å²) < 4.78 is 11.6. The monoisotopic (exact) mass is 440 g/mol. The van der Waals surface area contributed by atoms with Crippen LogP contribution in [-0.4, -0.2) is 10.2 Å². The Morgan fingerprint density at radius 3 is 2.59 bits per heavy atom. The van der Waals surface area contributed by atoms with E-state index in [9.17, 15) is 5.26 Å². The van der Waals surface area contributed by atoms with Crippen LogP contribution in [-0.2, 0) is 6.61 Å². The summed E-state index contributed by atoms with van der Waals surface area (Å²) in [5, 5.41) is 17.2. The summed E-state index contributed by atoms with van der Waals surface area (Å²) in [4.78, 5) is 2.19. The summed E-state index contributed by atoms with van der Waals surface area (Å²) in [6.07, 6.45) is 0. The molecule has 1 unspecified atom stereocenters. The van der Waals surface area contributed by atoms with Crippen molar-refractivity contribution >= 4 is 11.3 Å².